The number of carbonyl (C=O) groups excluding carboxylic acids is 1. The van der Waals surface area contributed by atoms with Crippen molar-refractivity contribution in [2.24, 2.45) is 0 Å². The number of rotatable bonds is 7. The molecule has 0 aliphatic rings. The van der Waals surface area contributed by atoms with E-state index < -0.39 is 23.8 Å². The maximum absolute atomic E-state index is 12.8. The number of amides is 2. The maximum atomic E-state index is 12.8. The molecule has 130 valence electrons. The number of methoxy groups -OCH3 is 1. The minimum Gasteiger partial charge on any atom is -0.396 e. The van der Waals surface area contributed by atoms with E-state index in [4.69, 9.17) is 9.84 Å². The highest BCUT2D eigenvalue weighted by Gasteiger charge is 2.31. The van der Waals surface area contributed by atoms with Gasteiger partial charge in [0, 0.05) is 19.8 Å². The van der Waals surface area contributed by atoms with Gasteiger partial charge in [-0.25, -0.2) is 4.79 Å². The van der Waals surface area contributed by atoms with Crippen LogP contribution in [0.5, 0.6) is 0 Å². The lowest BCUT2D eigenvalue weighted by Crippen LogP contribution is -2.43. The zero-order valence-corrected chi connectivity index (χ0v) is 13.0. The molecule has 2 atom stereocenters. The average molecular weight is 334 g/mol. The molecule has 23 heavy (non-hydrogen) atoms. The molecule has 1 unspecified atom stereocenters. The molecule has 1 rings (SSSR count). The standard InChI is InChI=1S/C15H21F3N2O3/c1-10(6-7-21)19-14(22)20-13(9-23-2)11-4-3-5-12(8-11)15(16,17)18/h3-5,8,10,13,21H,6-7,9H2,1-2H3,(H2,19,20,22)/t10-,13?/m1/s1. The minimum absolute atomic E-state index is 0.0309. The summed E-state index contributed by atoms with van der Waals surface area (Å²) in [6.45, 7) is 1.67. The highest BCUT2D eigenvalue weighted by molar-refractivity contribution is 5.74. The number of nitrogens with one attached hydrogen (secondary N) is 2. The Labute approximate surface area is 132 Å². The van der Waals surface area contributed by atoms with Gasteiger partial charge in [0.05, 0.1) is 18.2 Å². The summed E-state index contributed by atoms with van der Waals surface area (Å²) in [6, 6.07) is 3.22. The molecule has 8 heteroatoms. The van der Waals surface area contributed by atoms with Crippen molar-refractivity contribution < 1.29 is 27.8 Å². The van der Waals surface area contributed by atoms with E-state index in [0.29, 0.717) is 12.0 Å². The van der Waals surface area contributed by atoms with E-state index in [1.165, 1.54) is 19.2 Å². The Bertz CT molecular complexity index is 509. The fourth-order valence-corrected chi connectivity index (χ4v) is 2.01. The van der Waals surface area contributed by atoms with Crippen LogP contribution in [-0.4, -0.2) is 37.5 Å². The highest BCUT2D eigenvalue weighted by Crippen LogP contribution is 2.30. The van der Waals surface area contributed by atoms with Crippen molar-refractivity contribution in [3.63, 3.8) is 0 Å². The molecule has 0 aliphatic heterocycles. The molecule has 0 aromatic heterocycles. The van der Waals surface area contributed by atoms with Crippen LogP contribution in [0.25, 0.3) is 0 Å². The SMILES string of the molecule is COCC(NC(=O)N[C@H](C)CCO)c1cccc(C(F)(F)F)c1. The molecule has 0 saturated heterocycles. The van der Waals surface area contributed by atoms with Crippen molar-refractivity contribution in [2.75, 3.05) is 20.3 Å². The van der Waals surface area contributed by atoms with E-state index in [0.717, 1.165) is 12.1 Å². The van der Waals surface area contributed by atoms with E-state index >= 15 is 0 Å². The van der Waals surface area contributed by atoms with Crippen molar-refractivity contribution in [1.82, 2.24) is 10.6 Å². The quantitative estimate of drug-likeness (QED) is 0.717. The first-order chi connectivity index (χ1) is 10.8. The van der Waals surface area contributed by atoms with Gasteiger partial charge < -0.3 is 20.5 Å². The highest BCUT2D eigenvalue weighted by atomic mass is 19.4. The number of ether oxygens (including phenoxy) is 1. The van der Waals surface area contributed by atoms with Gasteiger partial charge in [0.1, 0.15) is 0 Å². The van der Waals surface area contributed by atoms with Crippen molar-refractivity contribution in [1.29, 1.82) is 0 Å². The van der Waals surface area contributed by atoms with Gasteiger partial charge in [-0.1, -0.05) is 12.1 Å². The molecule has 0 spiro atoms. The van der Waals surface area contributed by atoms with Gasteiger partial charge in [-0.2, -0.15) is 13.2 Å². The van der Waals surface area contributed by atoms with E-state index in [1.807, 2.05) is 0 Å². The third-order valence-corrected chi connectivity index (χ3v) is 3.19. The molecule has 1 aromatic rings. The fourth-order valence-electron chi connectivity index (χ4n) is 2.01. The number of benzene rings is 1. The molecule has 0 radical (unpaired) electrons. The third-order valence-electron chi connectivity index (χ3n) is 3.19. The average Bonchev–Trinajstić information content (AvgIpc) is 2.46. The van der Waals surface area contributed by atoms with Gasteiger partial charge in [-0.15, -0.1) is 0 Å². The molecule has 1 aromatic carbocycles. The Hall–Kier alpha value is -1.80. The minimum atomic E-state index is -4.45. The molecule has 0 heterocycles. The number of urea groups is 1. The van der Waals surface area contributed by atoms with E-state index in [2.05, 4.69) is 10.6 Å². The maximum Gasteiger partial charge on any atom is 0.416 e. The molecule has 5 nitrogen and oxygen atoms in total. The van der Waals surface area contributed by atoms with E-state index in [9.17, 15) is 18.0 Å². The summed E-state index contributed by atoms with van der Waals surface area (Å²) in [5.74, 6) is 0. The Morgan fingerprint density at radius 2 is 2.04 bits per heavy atom. The second kappa shape index (κ2) is 8.73. The lowest BCUT2D eigenvalue weighted by Gasteiger charge is -2.21. The summed E-state index contributed by atoms with van der Waals surface area (Å²) >= 11 is 0. The Morgan fingerprint density at radius 1 is 1.35 bits per heavy atom. The summed E-state index contributed by atoms with van der Waals surface area (Å²) in [5, 5.41) is 14.0. The van der Waals surface area contributed by atoms with Crippen molar-refractivity contribution in [2.45, 2.75) is 31.6 Å². The van der Waals surface area contributed by atoms with Crippen LogP contribution in [-0.2, 0) is 10.9 Å². The summed E-state index contributed by atoms with van der Waals surface area (Å²) in [7, 11) is 1.40. The summed E-state index contributed by atoms with van der Waals surface area (Å²) in [6.07, 6.45) is -4.07. The van der Waals surface area contributed by atoms with Gasteiger partial charge in [-0.05, 0) is 31.0 Å². The number of carbonyl (C=O) groups is 1. The second-order valence-electron chi connectivity index (χ2n) is 5.16. The van der Waals surface area contributed by atoms with Crippen LogP contribution in [0, 0.1) is 0 Å². The first-order valence-electron chi connectivity index (χ1n) is 7.12. The zero-order valence-electron chi connectivity index (χ0n) is 13.0. The van der Waals surface area contributed by atoms with Crippen LogP contribution in [0.3, 0.4) is 0 Å². The van der Waals surface area contributed by atoms with Crippen LogP contribution in [0.4, 0.5) is 18.0 Å². The predicted molar refractivity (Wildman–Crippen MR) is 78.9 cm³/mol. The van der Waals surface area contributed by atoms with Crippen LogP contribution < -0.4 is 10.6 Å². The Balaban J connectivity index is 2.84. The number of aliphatic hydroxyl groups is 1. The molecule has 2 amide bonds. The first-order valence-corrected chi connectivity index (χ1v) is 7.12. The monoisotopic (exact) mass is 334 g/mol. The van der Waals surface area contributed by atoms with Crippen LogP contribution in [0.2, 0.25) is 0 Å². The Morgan fingerprint density at radius 3 is 2.61 bits per heavy atom. The first kappa shape index (κ1) is 19.2. The van der Waals surface area contributed by atoms with Gasteiger partial charge in [-0.3, -0.25) is 0 Å². The summed E-state index contributed by atoms with van der Waals surface area (Å²) in [5.41, 5.74) is -0.487. The molecule has 0 aliphatic carbocycles. The van der Waals surface area contributed by atoms with E-state index in [1.54, 1.807) is 6.92 Å². The molecule has 0 fully saturated rings. The topological polar surface area (TPSA) is 70.6 Å². The zero-order chi connectivity index (χ0) is 17.5. The molecular weight excluding hydrogens is 313 g/mol. The fraction of sp³-hybridized carbons (Fsp3) is 0.533. The van der Waals surface area contributed by atoms with Crippen molar-refractivity contribution in [3.8, 4) is 0 Å². The lowest BCUT2D eigenvalue weighted by atomic mass is 10.0. The van der Waals surface area contributed by atoms with Gasteiger partial charge in [0.25, 0.3) is 0 Å². The number of hydrogen-bond donors (Lipinski definition) is 3. The number of hydrogen-bond acceptors (Lipinski definition) is 3. The number of aliphatic hydroxyl groups excluding tert-OH is 1. The molecule has 0 saturated carbocycles. The number of alkyl halides is 3. The van der Waals surface area contributed by atoms with Crippen LogP contribution >= 0.6 is 0 Å². The van der Waals surface area contributed by atoms with Gasteiger partial charge >= 0.3 is 12.2 Å². The van der Waals surface area contributed by atoms with Crippen LogP contribution in [0.15, 0.2) is 24.3 Å². The predicted octanol–water partition coefficient (Wildman–Crippen LogP) is 2.46. The van der Waals surface area contributed by atoms with Crippen LogP contribution in [0.1, 0.15) is 30.5 Å². The number of halogens is 3. The van der Waals surface area contributed by atoms with Gasteiger partial charge in [0.2, 0.25) is 0 Å². The third kappa shape index (κ3) is 6.45. The second-order valence-corrected chi connectivity index (χ2v) is 5.16. The van der Waals surface area contributed by atoms with E-state index in [-0.39, 0.29) is 19.3 Å². The summed E-state index contributed by atoms with van der Waals surface area (Å²) in [4.78, 5) is 11.9. The van der Waals surface area contributed by atoms with Gasteiger partial charge in [0.15, 0.2) is 0 Å². The largest absolute Gasteiger partial charge is 0.416 e. The molecule has 3 N–H and O–H groups in total. The molecular formula is C15H21F3N2O3. The smallest absolute Gasteiger partial charge is 0.396 e. The van der Waals surface area contributed by atoms with Crippen molar-refractivity contribution >= 4 is 6.03 Å². The lowest BCUT2D eigenvalue weighted by molar-refractivity contribution is -0.137. The molecule has 0 bridgehead atoms. The summed E-state index contributed by atoms with van der Waals surface area (Å²) < 4.78 is 43.3. The van der Waals surface area contributed by atoms with Crippen molar-refractivity contribution in [3.05, 3.63) is 35.4 Å². The Kier molecular flexibility index (Phi) is 7.31. The normalized spacial score (nSPS) is 14.2.